The molecule has 7 nitrogen and oxygen atoms in total. The van der Waals surface area contributed by atoms with E-state index in [4.69, 9.17) is 5.73 Å². The summed E-state index contributed by atoms with van der Waals surface area (Å²) in [5.41, 5.74) is 7.14. The number of benzene rings is 1. The number of aromatic nitrogens is 3. The molecule has 1 aromatic carbocycles. The molecule has 2 heterocycles. The summed E-state index contributed by atoms with van der Waals surface area (Å²) >= 11 is 2.84. The Bertz CT molecular complexity index is 969. The largest absolute Gasteiger partial charge is 0.370 e. The van der Waals surface area contributed by atoms with E-state index in [0.717, 1.165) is 16.1 Å². The van der Waals surface area contributed by atoms with E-state index in [-0.39, 0.29) is 12.3 Å². The lowest BCUT2D eigenvalue weighted by atomic mass is 10.2. The highest BCUT2D eigenvalue weighted by atomic mass is 32.2. The number of primary amides is 1. The molecule has 0 saturated carbocycles. The third-order valence-electron chi connectivity index (χ3n) is 3.98. The van der Waals surface area contributed by atoms with Crippen LogP contribution in [0.25, 0.3) is 10.7 Å². The van der Waals surface area contributed by atoms with Gasteiger partial charge in [0, 0.05) is 18.7 Å². The first-order chi connectivity index (χ1) is 13.4. The predicted molar refractivity (Wildman–Crippen MR) is 112 cm³/mol. The summed E-state index contributed by atoms with van der Waals surface area (Å²) in [4.78, 5) is 24.8. The van der Waals surface area contributed by atoms with Crippen LogP contribution in [0.4, 0.5) is 5.69 Å². The van der Waals surface area contributed by atoms with Crippen molar-refractivity contribution in [3.63, 3.8) is 0 Å². The van der Waals surface area contributed by atoms with Crippen LogP contribution in [0.2, 0.25) is 0 Å². The van der Waals surface area contributed by atoms with E-state index < -0.39 is 11.2 Å². The number of nitrogens with two attached hydrogens (primary N) is 1. The second kappa shape index (κ2) is 9.03. The Labute approximate surface area is 171 Å². The highest BCUT2D eigenvalue weighted by molar-refractivity contribution is 8.00. The van der Waals surface area contributed by atoms with Crippen molar-refractivity contribution in [2.24, 2.45) is 5.73 Å². The van der Waals surface area contributed by atoms with Gasteiger partial charge in [0.25, 0.3) is 0 Å². The summed E-state index contributed by atoms with van der Waals surface area (Å²) in [6.07, 6.45) is 0.174. The van der Waals surface area contributed by atoms with Crippen LogP contribution in [0.5, 0.6) is 0 Å². The summed E-state index contributed by atoms with van der Waals surface area (Å²) in [6, 6.07) is 11.5. The van der Waals surface area contributed by atoms with Gasteiger partial charge in [-0.25, -0.2) is 0 Å². The molecule has 146 valence electrons. The van der Waals surface area contributed by atoms with Gasteiger partial charge < -0.3 is 15.6 Å². The van der Waals surface area contributed by atoms with Gasteiger partial charge in [0.15, 0.2) is 11.0 Å². The molecule has 0 bridgehead atoms. The molecule has 0 saturated heterocycles. The van der Waals surface area contributed by atoms with Crippen LogP contribution < -0.4 is 11.1 Å². The second-order valence-electron chi connectivity index (χ2n) is 6.27. The number of carbonyl (C=O) groups excluding carboxylic acids is 2. The van der Waals surface area contributed by atoms with Crippen molar-refractivity contribution in [2.75, 3.05) is 5.32 Å². The highest BCUT2D eigenvalue weighted by Crippen LogP contribution is 2.29. The molecule has 0 aliphatic carbocycles. The average Bonchev–Trinajstić information content (AvgIpc) is 3.29. The van der Waals surface area contributed by atoms with Crippen LogP contribution in [0.3, 0.4) is 0 Å². The van der Waals surface area contributed by atoms with E-state index >= 15 is 0 Å². The smallest absolute Gasteiger partial charge is 0.237 e. The zero-order valence-electron chi connectivity index (χ0n) is 15.6. The highest BCUT2D eigenvalue weighted by Gasteiger charge is 2.21. The standard InChI is InChI=1S/C19H21N5O2S2/c1-12-5-3-6-14(11-12)21-18(26)13(2)28-19-23-22-17(15-7-4-10-27-15)24(19)9-8-16(20)25/h3-7,10-11,13H,8-9H2,1-2H3,(H2,20,25)(H,21,26). The van der Waals surface area contributed by atoms with Gasteiger partial charge in [0.05, 0.1) is 10.1 Å². The predicted octanol–water partition coefficient (Wildman–Crippen LogP) is 3.31. The third-order valence-corrected chi connectivity index (χ3v) is 5.92. The van der Waals surface area contributed by atoms with E-state index in [1.165, 1.54) is 23.1 Å². The topological polar surface area (TPSA) is 103 Å². The summed E-state index contributed by atoms with van der Waals surface area (Å²) in [6.45, 7) is 4.15. The molecule has 0 fully saturated rings. The first-order valence-electron chi connectivity index (χ1n) is 8.73. The summed E-state index contributed by atoms with van der Waals surface area (Å²) < 4.78 is 1.84. The van der Waals surface area contributed by atoms with Crippen LogP contribution in [-0.4, -0.2) is 31.8 Å². The van der Waals surface area contributed by atoms with Crippen molar-refractivity contribution < 1.29 is 9.59 Å². The lowest BCUT2D eigenvalue weighted by Crippen LogP contribution is -2.23. The maximum absolute atomic E-state index is 12.6. The maximum Gasteiger partial charge on any atom is 0.237 e. The number of aryl methyl sites for hydroxylation is 1. The van der Waals surface area contributed by atoms with E-state index in [9.17, 15) is 9.59 Å². The molecular weight excluding hydrogens is 394 g/mol. The average molecular weight is 416 g/mol. The van der Waals surface area contributed by atoms with E-state index in [1.807, 2.05) is 60.2 Å². The number of hydrogen-bond acceptors (Lipinski definition) is 6. The Hall–Kier alpha value is -2.65. The normalized spacial score (nSPS) is 11.9. The zero-order chi connectivity index (χ0) is 20.1. The molecule has 2 aromatic heterocycles. The van der Waals surface area contributed by atoms with Gasteiger partial charge in [-0.15, -0.1) is 21.5 Å². The van der Waals surface area contributed by atoms with Crippen molar-refractivity contribution in [3.8, 4) is 10.7 Å². The van der Waals surface area contributed by atoms with E-state index in [0.29, 0.717) is 17.5 Å². The van der Waals surface area contributed by atoms with Crippen LogP contribution in [0, 0.1) is 6.92 Å². The molecule has 1 unspecified atom stereocenters. The van der Waals surface area contributed by atoms with Crippen molar-refractivity contribution in [2.45, 2.75) is 37.2 Å². The number of hydrogen-bond donors (Lipinski definition) is 2. The number of nitrogens with zero attached hydrogens (tertiary/aromatic N) is 3. The van der Waals surface area contributed by atoms with Crippen molar-refractivity contribution in [1.29, 1.82) is 0 Å². The van der Waals surface area contributed by atoms with Crippen LogP contribution >= 0.6 is 23.1 Å². The minimum Gasteiger partial charge on any atom is -0.370 e. The van der Waals surface area contributed by atoms with Crippen LogP contribution in [0.15, 0.2) is 46.9 Å². The number of anilines is 1. The molecule has 0 radical (unpaired) electrons. The van der Waals surface area contributed by atoms with Gasteiger partial charge >= 0.3 is 0 Å². The Balaban J connectivity index is 1.76. The summed E-state index contributed by atoms with van der Waals surface area (Å²) in [5.74, 6) is 0.148. The van der Waals surface area contributed by atoms with Crippen molar-refractivity contribution in [1.82, 2.24) is 14.8 Å². The molecule has 0 spiro atoms. The molecule has 9 heteroatoms. The molecule has 3 aromatic rings. The number of thiophene rings is 1. The van der Waals surface area contributed by atoms with Gasteiger partial charge in [0.2, 0.25) is 11.8 Å². The quantitative estimate of drug-likeness (QED) is 0.550. The fourth-order valence-electron chi connectivity index (χ4n) is 2.57. The number of carbonyl (C=O) groups is 2. The van der Waals surface area contributed by atoms with Gasteiger partial charge in [-0.1, -0.05) is 30.0 Å². The lowest BCUT2D eigenvalue weighted by Gasteiger charge is -2.13. The fraction of sp³-hybridized carbons (Fsp3) is 0.263. The molecule has 0 aliphatic heterocycles. The van der Waals surface area contributed by atoms with Gasteiger partial charge in [0.1, 0.15) is 0 Å². The SMILES string of the molecule is Cc1cccc(NC(=O)C(C)Sc2nnc(-c3cccs3)n2CCC(N)=O)c1. The molecular formula is C19H21N5O2S2. The number of amides is 2. The second-order valence-corrected chi connectivity index (χ2v) is 8.53. The number of thioether (sulfide) groups is 1. The van der Waals surface area contributed by atoms with Gasteiger partial charge in [-0.3, -0.25) is 9.59 Å². The molecule has 0 aliphatic rings. The van der Waals surface area contributed by atoms with Crippen molar-refractivity contribution >= 4 is 40.6 Å². The maximum atomic E-state index is 12.6. The van der Waals surface area contributed by atoms with Crippen molar-refractivity contribution in [3.05, 3.63) is 47.3 Å². The Morgan fingerprint density at radius 1 is 1.29 bits per heavy atom. The molecule has 28 heavy (non-hydrogen) atoms. The van der Waals surface area contributed by atoms with Gasteiger partial charge in [-0.2, -0.15) is 0 Å². The van der Waals surface area contributed by atoms with E-state index in [1.54, 1.807) is 0 Å². The van der Waals surface area contributed by atoms with Crippen LogP contribution in [0.1, 0.15) is 18.9 Å². The molecule has 1 atom stereocenters. The van der Waals surface area contributed by atoms with E-state index in [2.05, 4.69) is 15.5 Å². The first-order valence-corrected chi connectivity index (χ1v) is 10.5. The Morgan fingerprint density at radius 2 is 2.11 bits per heavy atom. The first kappa shape index (κ1) is 20.1. The van der Waals surface area contributed by atoms with Gasteiger partial charge in [-0.05, 0) is 43.0 Å². The minimum atomic E-state index is -0.396. The molecule has 3 N–H and O–H groups in total. The lowest BCUT2D eigenvalue weighted by molar-refractivity contribution is -0.118. The Kier molecular flexibility index (Phi) is 6.48. The molecule has 2 amide bonds. The van der Waals surface area contributed by atoms with Crippen LogP contribution in [-0.2, 0) is 16.1 Å². The summed E-state index contributed by atoms with van der Waals surface area (Å²) in [7, 11) is 0. The fourth-order valence-corrected chi connectivity index (χ4v) is 4.16. The minimum absolute atomic E-state index is 0.127. The number of rotatable bonds is 8. The zero-order valence-corrected chi connectivity index (χ0v) is 17.2. The number of nitrogens with one attached hydrogen (secondary N) is 1. The Morgan fingerprint density at radius 3 is 2.79 bits per heavy atom. The monoisotopic (exact) mass is 415 g/mol. The third kappa shape index (κ3) is 4.99. The molecule has 3 rings (SSSR count). The summed E-state index contributed by atoms with van der Waals surface area (Å²) in [5, 5.41) is 13.6.